The van der Waals surface area contributed by atoms with Gasteiger partial charge in [-0.1, -0.05) is 0 Å². The van der Waals surface area contributed by atoms with Crippen LogP contribution in [0.5, 0.6) is 0 Å². The molecular weight excluding hydrogens is 470 g/mol. The maximum absolute atomic E-state index is 4.32. The summed E-state index contributed by atoms with van der Waals surface area (Å²) in [6.45, 7) is 6.93. The molecule has 0 fully saturated rings. The van der Waals surface area contributed by atoms with Gasteiger partial charge in [0.2, 0.25) is 0 Å². The Morgan fingerprint density at radius 3 is 2.30 bits per heavy atom. The van der Waals surface area contributed by atoms with E-state index in [4.69, 9.17) is 0 Å². The van der Waals surface area contributed by atoms with Crippen molar-refractivity contribution in [3.05, 3.63) is 60.2 Å². The average Bonchev–Trinajstić information content (AvgIpc) is 3.20. The molecule has 0 saturated carbocycles. The fourth-order valence-corrected chi connectivity index (χ4v) is 19.6. The Bertz CT molecular complexity index is 877. The molecule has 0 aromatic carbocycles. The maximum Gasteiger partial charge on any atom is -0.147 e. The molecule has 148 valence electrons. The molecule has 2 aliphatic rings. The van der Waals surface area contributed by atoms with E-state index in [1.165, 1.54) is 41.5 Å². The minimum atomic E-state index is -3.16. The van der Waals surface area contributed by atoms with Gasteiger partial charge in [-0.25, -0.2) is 0 Å². The number of unbranched alkanes of at least 4 members (excludes halogenated alkanes) is 1. The second kappa shape index (κ2) is 9.48. The molecule has 1 heterocycles. The summed E-state index contributed by atoms with van der Waals surface area (Å²) in [5, 5.41) is 0. The first-order valence-corrected chi connectivity index (χ1v) is 22.8. The zero-order chi connectivity index (χ0) is 18.1. The number of aromatic nitrogens is 2. The Balaban J connectivity index is 0.00000182. The predicted molar refractivity (Wildman–Crippen MR) is 122 cm³/mol. The van der Waals surface area contributed by atoms with Gasteiger partial charge in [0, 0.05) is 0 Å². The van der Waals surface area contributed by atoms with Crippen LogP contribution >= 0.6 is 24.8 Å². The molecule has 0 spiro atoms. The van der Waals surface area contributed by atoms with Crippen LogP contribution in [0.1, 0.15) is 51.5 Å². The smallest absolute Gasteiger partial charge is 0.147 e. The van der Waals surface area contributed by atoms with E-state index in [-0.39, 0.29) is 24.8 Å². The van der Waals surface area contributed by atoms with Crippen LogP contribution in [0.25, 0.3) is 5.57 Å². The van der Waals surface area contributed by atoms with Crippen molar-refractivity contribution in [2.24, 2.45) is 0 Å². The number of halogens is 2. The zero-order valence-corrected chi connectivity index (χ0v) is 22.4. The van der Waals surface area contributed by atoms with E-state index in [2.05, 4.69) is 58.2 Å². The minimum absolute atomic E-state index is 0. The fourth-order valence-electron chi connectivity index (χ4n) is 4.49. The molecule has 1 aromatic rings. The van der Waals surface area contributed by atoms with Crippen LogP contribution in [0.2, 0.25) is 9.26 Å². The maximum atomic E-state index is 4.32. The van der Waals surface area contributed by atoms with Crippen molar-refractivity contribution < 1.29 is 17.4 Å². The summed E-state index contributed by atoms with van der Waals surface area (Å²) in [5.74, 6) is 0. The molecule has 2 nitrogen and oxygen atoms in total. The van der Waals surface area contributed by atoms with E-state index >= 15 is 0 Å². The van der Waals surface area contributed by atoms with Gasteiger partial charge < -0.3 is 0 Å². The van der Waals surface area contributed by atoms with Crippen molar-refractivity contribution in [3.63, 3.8) is 0 Å². The largest absolute Gasteiger partial charge is 0.147 e. The number of hydrogen-bond acceptors (Lipinski definition) is 2. The first kappa shape index (κ1) is 24.8. The Morgan fingerprint density at radius 2 is 1.74 bits per heavy atom. The van der Waals surface area contributed by atoms with Crippen LogP contribution < -0.4 is 0 Å². The molecule has 0 atom stereocenters. The standard InChI is InChI=1S/C13H15N2.C6H7.2CH3.2ClH.H2Si.Zr/c1-2-3-5-11-6-4-7-13(11)12-8-14-10-15-9-12;1-6-4-2-3-5-6;;;;;;/h6,8-10H,2-5H2,1H3;2,4H,3H2,1H3;2*1H3;2*1H;1H2;. The second-order valence-corrected chi connectivity index (χ2v) is 37.2. The molecular formula is C21H32Cl2N2SiZr. The summed E-state index contributed by atoms with van der Waals surface area (Å²) in [6, 6.07) is 0. The van der Waals surface area contributed by atoms with Gasteiger partial charge >= 0.3 is 155 Å². The van der Waals surface area contributed by atoms with Crippen LogP contribution in [0.3, 0.4) is 0 Å². The Hall–Kier alpha value is -0.280. The van der Waals surface area contributed by atoms with E-state index in [1.54, 1.807) is 12.9 Å². The molecule has 2 aliphatic carbocycles. The zero-order valence-electron chi connectivity index (χ0n) is 16.9. The van der Waals surface area contributed by atoms with Crippen LogP contribution in [0.15, 0.2) is 54.7 Å². The third kappa shape index (κ3) is 4.83. The number of hydrogen-bond donors (Lipinski definition) is 0. The van der Waals surface area contributed by atoms with Gasteiger partial charge in [-0.05, 0) is 0 Å². The van der Waals surface area contributed by atoms with Crippen molar-refractivity contribution in [2.75, 3.05) is 0 Å². The number of rotatable bonds is 6. The van der Waals surface area contributed by atoms with Crippen molar-refractivity contribution in [1.29, 1.82) is 0 Å². The van der Waals surface area contributed by atoms with Crippen LogP contribution in [0, 0.1) is 0 Å². The van der Waals surface area contributed by atoms with Crippen molar-refractivity contribution in [2.45, 2.75) is 55.2 Å². The Morgan fingerprint density at radius 1 is 1.07 bits per heavy atom. The van der Waals surface area contributed by atoms with Gasteiger partial charge in [0.05, 0.1) is 0 Å². The quantitative estimate of drug-likeness (QED) is 0.438. The second-order valence-electron chi connectivity index (χ2n) is 8.47. The van der Waals surface area contributed by atoms with E-state index in [0.29, 0.717) is 0 Å². The normalized spacial score (nSPS) is 17.0. The Kier molecular flexibility index (Phi) is 8.69. The summed E-state index contributed by atoms with van der Waals surface area (Å²) >= 11 is -3.16. The summed E-state index contributed by atoms with van der Waals surface area (Å²) in [6.07, 6.45) is 18.8. The topological polar surface area (TPSA) is 25.8 Å². The van der Waals surface area contributed by atoms with E-state index in [9.17, 15) is 0 Å². The van der Waals surface area contributed by atoms with E-state index in [1.807, 2.05) is 12.4 Å². The number of nitrogens with zero attached hydrogens (tertiary/aromatic N) is 2. The summed E-state index contributed by atoms with van der Waals surface area (Å²) in [5.41, 5.74) is 5.76. The molecule has 27 heavy (non-hydrogen) atoms. The van der Waals surface area contributed by atoms with Crippen molar-refractivity contribution in [3.8, 4) is 0 Å². The molecule has 1 aromatic heterocycles. The number of allylic oxidation sites excluding steroid dienone is 8. The molecule has 0 saturated heterocycles. The SMILES string of the molecule is CCCCC1=CC[C]([Zr]([CH3])([CH3])(=[SiH2])[C]2=C(C)C=CC2)=C1c1cncnc1.Cl.Cl. The van der Waals surface area contributed by atoms with Gasteiger partial charge in [0.15, 0.2) is 0 Å². The molecule has 6 heteroatoms. The molecule has 0 amide bonds. The van der Waals surface area contributed by atoms with Crippen LogP contribution in [-0.2, 0) is 17.4 Å². The molecule has 0 unspecified atom stereocenters. The molecule has 0 bridgehead atoms. The molecule has 0 N–H and O–H groups in total. The third-order valence-corrected chi connectivity index (χ3v) is 23.1. The van der Waals surface area contributed by atoms with Gasteiger partial charge in [-0.2, -0.15) is 0 Å². The average molecular weight is 503 g/mol. The van der Waals surface area contributed by atoms with Crippen molar-refractivity contribution in [1.82, 2.24) is 9.97 Å². The van der Waals surface area contributed by atoms with E-state index < -0.39 is 17.4 Å². The monoisotopic (exact) mass is 500 g/mol. The predicted octanol–water partition coefficient (Wildman–Crippen LogP) is 6.12. The first-order valence-electron chi connectivity index (χ1n) is 9.46. The summed E-state index contributed by atoms with van der Waals surface area (Å²) < 4.78 is 8.75. The molecule has 0 radical (unpaired) electrons. The molecule has 0 aliphatic heterocycles. The summed E-state index contributed by atoms with van der Waals surface area (Å²) in [4.78, 5) is 8.65. The fraction of sp³-hybridized carbons (Fsp3) is 0.429. The molecule has 3 rings (SSSR count). The van der Waals surface area contributed by atoms with Gasteiger partial charge in [0.25, 0.3) is 0 Å². The van der Waals surface area contributed by atoms with Gasteiger partial charge in [0.1, 0.15) is 0 Å². The summed E-state index contributed by atoms with van der Waals surface area (Å²) in [7, 11) is 0. The Labute approximate surface area is 179 Å². The van der Waals surface area contributed by atoms with Crippen LogP contribution in [0.4, 0.5) is 0 Å². The minimum Gasteiger partial charge on any atom is -0.147 e. The van der Waals surface area contributed by atoms with E-state index in [0.717, 1.165) is 12.8 Å². The van der Waals surface area contributed by atoms with Gasteiger partial charge in [-0.3, -0.25) is 0 Å². The van der Waals surface area contributed by atoms with Crippen LogP contribution in [-0.4, -0.2) is 16.8 Å². The first-order chi connectivity index (χ1) is 11.8. The third-order valence-electron chi connectivity index (χ3n) is 5.93. The van der Waals surface area contributed by atoms with Crippen molar-refractivity contribution >= 4 is 37.3 Å². The van der Waals surface area contributed by atoms with Gasteiger partial charge in [-0.15, -0.1) is 24.8 Å².